The Balaban J connectivity index is 2.27. The van der Waals surface area contributed by atoms with E-state index in [1.54, 1.807) is 0 Å². The number of nitrogens with two attached hydrogens (primary N) is 1. The SMILES string of the molecule is CCc1nc(NN)c(C)c(NC(C)c2ccc(Cl)cc2)n1. The molecule has 1 atom stereocenters. The van der Waals surface area contributed by atoms with Gasteiger partial charge in [0.25, 0.3) is 0 Å². The number of rotatable bonds is 5. The van der Waals surface area contributed by atoms with Crippen LogP contribution in [0, 0.1) is 6.92 Å². The third-order valence-electron chi connectivity index (χ3n) is 3.37. The van der Waals surface area contributed by atoms with Crippen molar-refractivity contribution in [3.8, 4) is 0 Å². The number of hydrogen-bond donors (Lipinski definition) is 3. The van der Waals surface area contributed by atoms with Crippen LogP contribution in [0.25, 0.3) is 0 Å². The van der Waals surface area contributed by atoms with Crippen molar-refractivity contribution in [1.82, 2.24) is 9.97 Å². The maximum Gasteiger partial charge on any atom is 0.148 e. The van der Waals surface area contributed by atoms with Crippen LogP contribution in [0.15, 0.2) is 24.3 Å². The van der Waals surface area contributed by atoms with Gasteiger partial charge in [-0.15, -0.1) is 0 Å². The zero-order valence-electron chi connectivity index (χ0n) is 12.4. The van der Waals surface area contributed by atoms with Gasteiger partial charge in [0.15, 0.2) is 0 Å². The number of aryl methyl sites for hydroxylation is 1. The highest BCUT2D eigenvalue weighted by Gasteiger charge is 2.12. The molecule has 0 fully saturated rings. The largest absolute Gasteiger partial charge is 0.363 e. The van der Waals surface area contributed by atoms with Crippen LogP contribution in [-0.4, -0.2) is 9.97 Å². The van der Waals surface area contributed by atoms with Crippen LogP contribution >= 0.6 is 11.6 Å². The second-order valence-electron chi connectivity index (χ2n) is 4.88. The minimum absolute atomic E-state index is 0.103. The van der Waals surface area contributed by atoms with Crippen molar-refractivity contribution in [3.05, 3.63) is 46.2 Å². The average molecular weight is 306 g/mol. The van der Waals surface area contributed by atoms with Crippen molar-refractivity contribution in [2.24, 2.45) is 5.84 Å². The molecule has 0 saturated heterocycles. The average Bonchev–Trinajstić information content (AvgIpc) is 2.49. The van der Waals surface area contributed by atoms with Gasteiger partial charge in [0.05, 0.1) is 0 Å². The van der Waals surface area contributed by atoms with E-state index in [9.17, 15) is 0 Å². The maximum atomic E-state index is 5.92. The molecule has 0 aliphatic carbocycles. The van der Waals surface area contributed by atoms with Crippen molar-refractivity contribution in [2.75, 3.05) is 10.7 Å². The Morgan fingerprint density at radius 2 is 1.81 bits per heavy atom. The summed E-state index contributed by atoms with van der Waals surface area (Å²) in [5, 5.41) is 4.13. The molecule has 112 valence electrons. The fourth-order valence-electron chi connectivity index (χ4n) is 2.04. The number of nitrogens with one attached hydrogen (secondary N) is 2. The van der Waals surface area contributed by atoms with E-state index in [1.165, 1.54) is 0 Å². The van der Waals surface area contributed by atoms with Crippen molar-refractivity contribution in [2.45, 2.75) is 33.2 Å². The highest BCUT2D eigenvalue weighted by Crippen LogP contribution is 2.25. The molecule has 0 radical (unpaired) electrons. The number of nitrogens with zero attached hydrogens (tertiary/aromatic N) is 2. The smallest absolute Gasteiger partial charge is 0.148 e. The summed E-state index contributed by atoms with van der Waals surface area (Å²) in [6, 6.07) is 7.86. The molecule has 2 aromatic rings. The predicted octanol–water partition coefficient (Wildman–Crippen LogP) is 3.46. The lowest BCUT2D eigenvalue weighted by atomic mass is 10.1. The molecular formula is C15H20ClN5. The Morgan fingerprint density at radius 1 is 1.19 bits per heavy atom. The normalized spacial score (nSPS) is 12.0. The summed E-state index contributed by atoms with van der Waals surface area (Å²) < 4.78 is 0. The van der Waals surface area contributed by atoms with Crippen LogP contribution in [0.5, 0.6) is 0 Å². The molecule has 0 aliphatic rings. The summed E-state index contributed by atoms with van der Waals surface area (Å²) in [4.78, 5) is 8.90. The molecular weight excluding hydrogens is 286 g/mol. The molecule has 2 rings (SSSR count). The second kappa shape index (κ2) is 6.74. The minimum atomic E-state index is 0.103. The van der Waals surface area contributed by atoms with E-state index in [2.05, 4.69) is 27.6 Å². The first-order valence-electron chi connectivity index (χ1n) is 6.91. The molecule has 1 aromatic carbocycles. The Hall–Kier alpha value is -1.85. The summed E-state index contributed by atoms with van der Waals surface area (Å²) >= 11 is 5.92. The minimum Gasteiger partial charge on any atom is -0.363 e. The molecule has 1 heterocycles. The predicted molar refractivity (Wildman–Crippen MR) is 87.4 cm³/mol. The summed E-state index contributed by atoms with van der Waals surface area (Å²) in [5.74, 6) is 7.70. The first-order chi connectivity index (χ1) is 10.0. The van der Waals surface area contributed by atoms with E-state index in [0.717, 1.165) is 34.2 Å². The summed E-state index contributed by atoms with van der Waals surface area (Å²) in [7, 11) is 0. The third kappa shape index (κ3) is 3.62. The number of hydrazine groups is 1. The monoisotopic (exact) mass is 305 g/mol. The molecule has 4 N–H and O–H groups in total. The molecule has 0 amide bonds. The molecule has 6 heteroatoms. The number of hydrogen-bond acceptors (Lipinski definition) is 5. The second-order valence-corrected chi connectivity index (χ2v) is 5.31. The van der Waals surface area contributed by atoms with Crippen LogP contribution in [0.3, 0.4) is 0 Å². The van der Waals surface area contributed by atoms with Gasteiger partial charge in [-0.3, -0.25) is 0 Å². The van der Waals surface area contributed by atoms with Crippen molar-refractivity contribution >= 4 is 23.2 Å². The van der Waals surface area contributed by atoms with Crippen molar-refractivity contribution < 1.29 is 0 Å². The molecule has 0 spiro atoms. The maximum absolute atomic E-state index is 5.92. The Labute approximate surface area is 129 Å². The lowest BCUT2D eigenvalue weighted by Gasteiger charge is -2.18. The van der Waals surface area contributed by atoms with Crippen LogP contribution in [0.2, 0.25) is 5.02 Å². The Bertz CT molecular complexity index is 612. The lowest BCUT2D eigenvalue weighted by molar-refractivity contribution is 0.851. The summed E-state index contributed by atoms with van der Waals surface area (Å²) in [6.07, 6.45) is 0.749. The number of aromatic nitrogens is 2. The lowest BCUT2D eigenvalue weighted by Crippen LogP contribution is -2.16. The van der Waals surface area contributed by atoms with Gasteiger partial charge in [0.1, 0.15) is 17.5 Å². The van der Waals surface area contributed by atoms with Gasteiger partial charge in [0, 0.05) is 23.0 Å². The first-order valence-corrected chi connectivity index (χ1v) is 7.29. The Morgan fingerprint density at radius 3 is 2.38 bits per heavy atom. The van der Waals surface area contributed by atoms with Gasteiger partial charge < -0.3 is 10.7 Å². The summed E-state index contributed by atoms with van der Waals surface area (Å²) in [5.41, 5.74) is 4.66. The van der Waals surface area contributed by atoms with E-state index in [0.29, 0.717) is 5.82 Å². The van der Waals surface area contributed by atoms with E-state index in [4.69, 9.17) is 17.4 Å². The van der Waals surface area contributed by atoms with Gasteiger partial charge in [-0.2, -0.15) is 0 Å². The van der Waals surface area contributed by atoms with Gasteiger partial charge >= 0.3 is 0 Å². The number of nitrogen functional groups attached to an aromatic ring is 1. The third-order valence-corrected chi connectivity index (χ3v) is 3.62. The molecule has 1 unspecified atom stereocenters. The van der Waals surface area contributed by atoms with Gasteiger partial charge in [-0.1, -0.05) is 30.7 Å². The fourth-order valence-corrected chi connectivity index (χ4v) is 2.17. The fraction of sp³-hybridized carbons (Fsp3) is 0.333. The molecule has 0 bridgehead atoms. The van der Waals surface area contributed by atoms with Gasteiger partial charge in [0.2, 0.25) is 0 Å². The van der Waals surface area contributed by atoms with Gasteiger partial charge in [-0.05, 0) is 31.5 Å². The zero-order chi connectivity index (χ0) is 15.4. The van der Waals surface area contributed by atoms with Crippen LogP contribution < -0.4 is 16.6 Å². The van der Waals surface area contributed by atoms with Crippen LogP contribution in [0.4, 0.5) is 11.6 Å². The van der Waals surface area contributed by atoms with Crippen molar-refractivity contribution in [3.63, 3.8) is 0 Å². The van der Waals surface area contributed by atoms with Crippen LogP contribution in [0.1, 0.15) is 36.8 Å². The standard InChI is InChI=1S/C15H20ClN5/c1-4-13-19-14(9(2)15(20-13)21-17)18-10(3)11-5-7-12(16)8-6-11/h5-8,10H,4,17H2,1-3H3,(H2,18,19,20,21). The molecule has 1 aromatic heterocycles. The number of anilines is 2. The van der Waals surface area contributed by atoms with E-state index in [1.807, 2.05) is 38.1 Å². The Kier molecular flexibility index (Phi) is 4.98. The molecule has 5 nitrogen and oxygen atoms in total. The highest BCUT2D eigenvalue weighted by atomic mass is 35.5. The van der Waals surface area contributed by atoms with Crippen molar-refractivity contribution in [1.29, 1.82) is 0 Å². The number of benzene rings is 1. The first kappa shape index (κ1) is 15.5. The summed E-state index contributed by atoms with van der Waals surface area (Å²) in [6.45, 7) is 6.02. The van der Waals surface area contributed by atoms with E-state index < -0.39 is 0 Å². The van der Waals surface area contributed by atoms with E-state index in [-0.39, 0.29) is 6.04 Å². The molecule has 0 saturated carbocycles. The highest BCUT2D eigenvalue weighted by molar-refractivity contribution is 6.30. The molecule has 0 aliphatic heterocycles. The quantitative estimate of drug-likeness (QED) is 0.582. The number of halogens is 1. The van der Waals surface area contributed by atoms with Gasteiger partial charge in [-0.25, -0.2) is 15.8 Å². The van der Waals surface area contributed by atoms with Crippen LogP contribution in [-0.2, 0) is 6.42 Å². The topological polar surface area (TPSA) is 75.9 Å². The molecule has 21 heavy (non-hydrogen) atoms. The van der Waals surface area contributed by atoms with E-state index >= 15 is 0 Å². The zero-order valence-corrected chi connectivity index (χ0v) is 13.2.